The third-order valence-electron chi connectivity index (χ3n) is 3.72. The highest BCUT2D eigenvalue weighted by molar-refractivity contribution is 4.73. The molecule has 0 aliphatic heterocycles. The molecule has 0 saturated carbocycles. The average Bonchev–Trinajstić information content (AvgIpc) is 2.80. The van der Waals surface area contributed by atoms with E-state index in [1.54, 1.807) is 0 Å². The van der Waals surface area contributed by atoms with Crippen molar-refractivity contribution in [3.63, 3.8) is 0 Å². The fourth-order valence-corrected chi connectivity index (χ4v) is 2.34. The van der Waals surface area contributed by atoms with Crippen LogP contribution < -0.4 is 0 Å². The molecule has 2 nitrogen and oxygen atoms in total. The van der Waals surface area contributed by atoms with Crippen LogP contribution in [-0.4, -0.2) is 9.55 Å². The first kappa shape index (κ1) is 15.3. The summed E-state index contributed by atoms with van der Waals surface area (Å²) in [7, 11) is 0. The van der Waals surface area contributed by atoms with Crippen LogP contribution >= 0.6 is 0 Å². The fraction of sp³-hybridized carbons (Fsp3) is 0.812. The first-order chi connectivity index (χ1) is 8.51. The van der Waals surface area contributed by atoms with Gasteiger partial charge >= 0.3 is 0 Å². The average molecular weight is 250 g/mol. The molecule has 1 heterocycles. The van der Waals surface area contributed by atoms with E-state index in [2.05, 4.69) is 43.4 Å². The molecule has 0 unspecified atom stereocenters. The second-order valence-corrected chi connectivity index (χ2v) is 6.67. The number of hydrogen-bond acceptors (Lipinski definition) is 1. The molecule has 1 aromatic heterocycles. The maximum absolute atomic E-state index is 4.07. The van der Waals surface area contributed by atoms with Gasteiger partial charge in [0.1, 0.15) is 0 Å². The van der Waals surface area contributed by atoms with E-state index >= 15 is 0 Å². The molecule has 0 amide bonds. The zero-order chi connectivity index (χ0) is 13.4. The van der Waals surface area contributed by atoms with Crippen LogP contribution in [0.25, 0.3) is 0 Å². The van der Waals surface area contributed by atoms with Crippen molar-refractivity contribution in [3.8, 4) is 0 Å². The molecule has 18 heavy (non-hydrogen) atoms. The Morgan fingerprint density at radius 1 is 1.17 bits per heavy atom. The van der Waals surface area contributed by atoms with Gasteiger partial charge < -0.3 is 4.57 Å². The Morgan fingerprint density at radius 3 is 2.50 bits per heavy atom. The molecule has 1 aromatic rings. The van der Waals surface area contributed by atoms with E-state index in [4.69, 9.17) is 0 Å². The van der Waals surface area contributed by atoms with Crippen molar-refractivity contribution in [1.82, 2.24) is 9.55 Å². The van der Waals surface area contributed by atoms with E-state index in [-0.39, 0.29) is 0 Å². The van der Waals surface area contributed by atoms with E-state index in [0.29, 0.717) is 5.41 Å². The van der Waals surface area contributed by atoms with Crippen molar-refractivity contribution >= 4 is 0 Å². The van der Waals surface area contributed by atoms with E-state index in [1.165, 1.54) is 38.5 Å². The van der Waals surface area contributed by atoms with Gasteiger partial charge in [0.25, 0.3) is 0 Å². The lowest BCUT2D eigenvalue weighted by molar-refractivity contribution is 0.303. The molecule has 0 bridgehead atoms. The van der Waals surface area contributed by atoms with Crippen LogP contribution in [0.1, 0.15) is 66.2 Å². The first-order valence-electron chi connectivity index (χ1n) is 7.47. The fourth-order valence-electron chi connectivity index (χ4n) is 2.34. The van der Waals surface area contributed by atoms with Crippen molar-refractivity contribution in [2.75, 3.05) is 0 Å². The molecule has 0 fully saturated rings. The summed E-state index contributed by atoms with van der Waals surface area (Å²) < 4.78 is 2.18. The quantitative estimate of drug-likeness (QED) is 0.600. The Bertz CT molecular complexity index is 295. The Morgan fingerprint density at radius 2 is 1.94 bits per heavy atom. The Labute approximate surface area is 113 Å². The lowest BCUT2D eigenvalue weighted by atomic mass is 9.84. The molecule has 0 spiro atoms. The molecule has 0 radical (unpaired) electrons. The molecule has 0 saturated heterocycles. The van der Waals surface area contributed by atoms with Gasteiger partial charge in [-0.2, -0.15) is 0 Å². The van der Waals surface area contributed by atoms with Crippen molar-refractivity contribution in [2.45, 2.75) is 72.8 Å². The molecule has 0 N–H and O–H groups in total. The van der Waals surface area contributed by atoms with Crippen LogP contribution in [0.15, 0.2) is 18.7 Å². The van der Waals surface area contributed by atoms with E-state index < -0.39 is 0 Å². The normalized spacial score (nSPS) is 13.8. The third kappa shape index (κ3) is 6.83. The smallest absolute Gasteiger partial charge is 0.0945 e. The zero-order valence-electron chi connectivity index (χ0n) is 12.7. The van der Waals surface area contributed by atoms with Crippen LogP contribution in [0.5, 0.6) is 0 Å². The number of hydrogen-bond donors (Lipinski definition) is 0. The van der Waals surface area contributed by atoms with Crippen molar-refractivity contribution < 1.29 is 0 Å². The molecular weight excluding hydrogens is 220 g/mol. The number of imidazole rings is 1. The highest BCUT2D eigenvalue weighted by atomic mass is 15.0. The minimum Gasteiger partial charge on any atom is -0.337 e. The number of nitrogens with zero attached hydrogens (tertiary/aromatic N) is 2. The summed E-state index contributed by atoms with van der Waals surface area (Å²) in [5.41, 5.74) is 0.490. The third-order valence-corrected chi connectivity index (χ3v) is 3.72. The highest BCUT2D eigenvalue weighted by Gasteiger charge is 2.13. The monoisotopic (exact) mass is 250 g/mol. The van der Waals surface area contributed by atoms with Gasteiger partial charge in [0.15, 0.2) is 0 Å². The molecular formula is C16H30N2. The zero-order valence-corrected chi connectivity index (χ0v) is 12.7. The molecule has 0 aliphatic carbocycles. The highest BCUT2D eigenvalue weighted by Crippen LogP contribution is 2.27. The summed E-state index contributed by atoms with van der Waals surface area (Å²) in [6.45, 7) is 10.5. The van der Waals surface area contributed by atoms with Gasteiger partial charge in [-0.05, 0) is 30.6 Å². The minimum absolute atomic E-state index is 0.490. The Balaban J connectivity index is 2.11. The Kier molecular flexibility index (Phi) is 6.45. The second-order valence-electron chi connectivity index (χ2n) is 6.67. The van der Waals surface area contributed by atoms with Crippen LogP contribution in [-0.2, 0) is 6.54 Å². The molecule has 2 heteroatoms. The SMILES string of the molecule is CC[C@@H](CCCCn1ccnc1)CCC(C)(C)C. The maximum Gasteiger partial charge on any atom is 0.0945 e. The maximum atomic E-state index is 4.07. The molecule has 1 rings (SSSR count). The van der Waals surface area contributed by atoms with Crippen LogP contribution in [0.2, 0.25) is 0 Å². The van der Waals surface area contributed by atoms with Gasteiger partial charge in [0.2, 0.25) is 0 Å². The summed E-state index contributed by atoms with van der Waals surface area (Å²) in [6.07, 6.45) is 13.9. The van der Waals surface area contributed by atoms with Gasteiger partial charge in [-0.1, -0.05) is 47.0 Å². The van der Waals surface area contributed by atoms with Crippen LogP contribution in [0, 0.1) is 11.3 Å². The van der Waals surface area contributed by atoms with Gasteiger partial charge in [0, 0.05) is 18.9 Å². The van der Waals surface area contributed by atoms with E-state index in [9.17, 15) is 0 Å². The molecule has 0 aliphatic rings. The lowest BCUT2D eigenvalue weighted by Crippen LogP contribution is -2.09. The van der Waals surface area contributed by atoms with E-state index in [1.807, 2.05) is 12.5 Å². The van der Waals surface area contributed by atoms with Crippen molar-refractivity contribution in [3.05, 3.63) is 18.7 Å². The summed E-state index contributed by atoms with van der Waals surface area (Å²) >= 11 is 0. The number of aromatic nitrogens is 2. The summed E-state index contributed by atoms with van der Waals surface area (Å²) in [4.78, 5) is 4.07. The summed E-state index contributed by atoms with van der Waals surface area (Å²) in [6, 6.07) is 0. The van der Waals surface area contributed by atoms with Crippen LogP contribution in [0.4, 0.5) is 0 Å². The first-order valence-corrected chi connectivity index (χ1v) is 7.47. The number of rotatable bonds is 8. The number of unbranched alkanes of at least 4 members (excludes halogenated alkanes) is 1. The summed E-state index contributed by atoms with van der Waals surface area (Å²) in [5, 5.41) is 0. The minimum atomic E-state index is 0.490. The van der Waals surface area contributed by atoms with Gasteiger partial charge in [0.05, 0.1) is 6.33 Å². The van der Waals surface area contributed by atoms with Gasteiger partial charge in [-0.25, -0.2) is 4.98 Å². The Hall–Kier alpha value is -0.790. The van der Waals surface area contributed by atoms with Gasteiger partial charge in [-0.15, -0.1) is 0 Å². The van der Waals surface area contributed by atoms with Crippen LogP contribution in [0.3, 0.4) is 0 Å². The largest absolute Gasteiger partial charge is 0.337 e. The molecule has 0 aromatic carbocycles. The predicted molar refractivity (Wildman–Crippen MR) is 78.5 cm³/mol. The van der Waals surface area contributed by atoms with Crippen molar-refractivity contribution in [2.24, 2.45) is 11.3 Å². The lowest BCUT2D eigenvalue weighted by Gasteiger charge is -2.22. The predicted octanol–water partition coefficient (Wildman–Crippen LogP) is 4.91. The topological polar surface area (TPSA) is 17.8 Å². The number of aryl methyl sites for hydroxylation is 1. The van der Waals surface area contributed by atoms with Crippen molar-refractivity contribution in [1.29, 1.82) is 0 Å². The molecule has 104 valence electrons. The standard InChI is InChI=1S/C16H30N2/c1-5-15(9-10-16(2,3)4)8-6-7-12-18-13-11-17-14-18/h11,13-15H,5-10,12H2,1-4H3/t15-/m0/s1. The second kappa shape index (κ2) is 7.60. The van der Waals surface area contributed by atoms with E-state index in [0.717, 1.165) is 12.5 Å². The summed E-state index contributed by atoms with van der Waals surface area (Å²) in [5.74, 6) is 0.923. The molecule has 1 atom stereocenters. The van der Waals surface area contributed by atoms with Gasteiger partial charge in [-0.3, -0.25) is 0 Å².